The maximum absolute atomic E-state index is 11.7. The number of hydrogen-bond donors (Lipinski definition) is 0. The van der Waals surface area contributed by atoms with Crippen molar-refractivity contribution < 1.29 is 4.79 Å². The molecule has 0 bridgehead atoms. The molecule has 2 rings (SSSR count). The number of fused-ring (bicyclic) bond motifs is 1. The first-order valence-corrected chi connectivity index (χ1v) is 6.99. The third-order valence-corrected chi connectivity index (χ3v) is 4.30. The molecular formula is C11H12BrNOS. The highest BCUT2D eigenvalue weighted by molar-refractivity contribution is 9.10. The van der Waals surface area contributed by atoms with E-state index in [1.54, 1.807) is 11.8 Å². The van der Waals surface area contributed by atoms with Gasteiger partial charge < -0.3 is 0 Å². The van der Waals surface area contributed by atoms with Crippen molar-refractivity contribution in [2.75, 3.05) is 6.26 Å². The molecule has 0 saturated carbocycles. The van der Waals surface area contributed by atoms with Crippen LogP contribution in [0.2, 0.25) is 0 Å². The van der Waals surface area contributed by atoms with Gasteiger partial charge in [-0.1, -0.05) is 6.92 Å². The third-order valence-electron chi connectivity index (χ3n) is 2.68. The molecule has 0 N–H and O–H groups in total. The average molecular weight is 286 g/mol. The number of ketones is 1. The second-order valence-electron chi connectivity index (χ2n) is 3.51. The van der Waals surface area contributed by atoms with Crippen molar-refractivity contribution in [3.63, 3.8) is 0 Å². The lowest BCUT2D eigenvalue weighted by molar-refractivity contribution is 0.0991. The minimum atomic E-state index is 0.241. The highest BCUT2D eigenvalue weighted by Crippen LogP contribution is 2.36. The van der Waals surface area contributed by atoms with Crippen LogP contribution in [0.5, 0.6) is 0 Å². The van der Waals surface area contributed by atoms with Crippen LogP contribution in [-0.4, -0.2) is 17.0 Å². The van der Waals surface area contributed by atoms with E-state index in [9.17, 15) is 4.79 Å². The standard InChI is InChI=1S/C11H12BrNOS/c1-3-7-10(12)6-4-5-8(14)9(6)11(13-7)15-2/h3-5H2,1-2H3. The zero-order valence-corrected chi connectivity index (χ0v) is 11.2. The summed E-state index contributed by atoms with van der Waals surface area (Å²) < 4.78 is 1.05. The fraction of sp³-hybridized carbons (Fsp3) is 0.455. The average Bonchev–Trinajstić information content (AvgIpc) is 2.63. The molecule has 0 fully saturated rings. The molecule has 0 aliphatic heterocycles. The number of aromatic nitrogens is 1. The number of hydrogen-bond acceptors (Lipinski definition) is 3. The van der Waals surface area contributed by atoms with Crippen LogP contribution in [0.25, 0.3) is 0 Å². The summed E-state index contributed by atoms with van der Waals surface area (Å²) >= 11 is 5.12. The molecule has 2 nitrogen and oxygen atoms in total. The quantitative estimate of drug-likeness (QED) is 0.782. The van der Waals surface area contributed by atoms with Crippen LogP contribution in [0.15, 0.2) is 9.50 Å². The summed E-state index contributed by atoms with van der Waals surface area (Å²) in [6.45, 7) is 2.08. The first kappa shape index (κ1) is 11.1. The molecule has 1 heterocycles. The zero-order valence-electron chi connectivity index (χ0n) is 8.76. The Morgan fingerprint density at radius 3 is 2.80 bits per heavy atom. The van der Waals surface area contributed by atoms with Crippen LogP contribution in [0.3, 0.4) is 0 Å². The Morgan fingerprint density at radius 2 is 2.20 bits per heavy atom. The second kappa shape index (κ2) is 4.26. The van der Waals surface area contributed by atoms with E-state index in [-0.39, 0.29) is 5.78 Å². The summed E-state index contributed by atoms with van der Waals surface area (Å²) in [7, 11) is 0. The van der Waals surface area contributed by atoms with Gasteiger partial charge in [-0.25, -0.2) is 4.98 Å². The van der Waals surface area contributed by atoms with E-state index in [1.807, 2.05) is 6.26 Å². The van der Waals surface area contributed by atoms with E-state index >= 15 is 0 Å². The highest BCUT2D eigenvalue weighted by Gasteiger charge is 2.27. The summed E-state index contributed by atoms with van der Waals surface area (Å²) in [5, 5.41) is 0.896. The molecule has 0 aromatic carbocycles. The number of pyridine rings is 1. The van der Waals surface area contributed by atoms with Crippen molar-refractivity contribution in [1.82, 2.24) is 4.98 Å². The first-order chi connectivity index (χ1) is 7.19. The summed E-state index contributed by atoms with van der Waals surface area (Å²) in [6, 6.07) is 0. The first-order valence-electron chi connectivity index (χ1n) is 4.97. The number of Topliss-reactive ketones (excluding diaryl/α,β-unsaturated/α-hetero) is 1. The molecule has 0 amide bonds. The van der Waals surface area contributed by atoms with Gasteiger partial charge in [0, 0.05) is 10.9 Å². The van der Waals surface area contributed by atoms with Crippen molar-refractivity contribution in [3.05, 3.63) is 21.3 Å². The van der Waals surface area contributed by atoms with Crippen LogP contribution < -0.4 is 0 Å². The molecule has 4 heteroatoms. The van der Waals surface area contributed by atoms with Crippen LogP contribution in [0.4, 0.5) is 0 Å². The molecule has 15 heavy (non-hydrogen) atoms. The lowest BCUT2D eigenvalue weighted by atomic mass is 10.1. The van der Waals surface area contributed by atoms with Crippen LogP contribution in [0.1, 0.15) is 35.0 Å². The zero-order chi connectivity index (χ0) is 11.0. The van der Waals surface area contributed by atoms with Crippen molar-refractivity contribution in [2.45, 2.75) is 31.2 Å². The van der Waals surface area contributed by atoms with Crippen LogP contribution >= 0.6 is 27.7 Å². The second-order valence-corrected chi connectivity index (χ2v) is 5.10. The smallest absolute Gasteiger partial charge is 0.166 e. The van der Waals surface area contributed by atoms with E-state index in [0.29, 0.717) is 6.42 Å². The van der Waals surface area contributed by atoms with E-state index in [4.69, 9.17) is 0 Å². The van der Waals surface area contributed by atoms with E-state index < -0.39 is 0 Å². The van der Waals surface area contributed by atoms with Crippen molar-refractivity contribution in [1.29, 1.82) is 0 Å². The largest absolute Gasteiger partial charge is 0.294 e. The van der Waals surface area contributed by atoms with Gasteiger partial charge in [0.2, 0.25) is 0 Å². The SMILES string of the molecule is CCc1nc(SC)c2c(c1Br)CCC2=O. The Kier molecular flexibility index (Phi) is 3.16. The Labute approximate surface area is 102 Å². The van der Waals surface area contributed by atoms with Gasteiger partial charge in [-0.15, -0.1) is 11.8 Å². The van der Waals surface area contributed by atoms with Gasteiger partial charge in [0.15, 0.2) is 5.78 Å². The number of aryl methyl sites for hydroxylation is 1. The normalized spacial score (nSPS) is 14.5. The van der Waals surface area contributed by atoms with E-state index in [1.165, 1.54) is 0 Å². The third kappa shape index (κ3) is 1.74. The van der Waals surface area contributed by atoms with Crippen molar-refractivity contribution in [3.8, 4) is 0 Å². The van der Waals surface area contributed by atoms with Gasteiger partial charge in [0.25, 0.3) is 0 Å². The summed E-state index contributed by atoms with van der Waals surface area (Å²) in [5.74, 6) is 0.241. The Hall–Kier alpha value is -0.350. The van der Waals surface area contributed by atoms with Crippen LogP contribution in [-0.2, 0) is 12.8 Å². The maximum atomic E-state index is 11.7. The van der Waals surface area contributed by atoms with Gasteiger partial charge >= 0.3 is 0 Å². The molecule has 80 valence electrons. The molecule has 1 aliphatic rings. The monoisotopic (exact) mass is 285 g/mol. The number of carbonyl (C=O) groups excluding carboxylic acids is 1. The molecule has 0 unspecified atom stereocenters. The maximum Gasteiger partial charge on any atom is 0.166 e. The summed E-state index contributed by atoms with van der Waals surface area (Å²) in [5.41, 5.74) is 3.08. The van der Waals surface area contributed by atoms with Crippen LogP contribution in [0, 0.1) is 0 Å². The van der Waals surface area contributed by atoms with Gasteiger partial charge in [0.1, 0.15) is 5.03 Å². The number of nitrogens with zero attached hydrogens (tertiary/aromatic N) is 1. The number of carbonyl (C=O) groups is 1. The van der Waals surface area contributed by atoms with Gasteiger partial charge in [0.05, 0.1) is 11.3 Å². The molecular weight excluding hydrogens is 274 g/mol. The molecule has 0 spiro atoms. The minimum absolute atomic E-state index is 0.241. The highest BCUT2D eigenvalue weighted by atomic mass is 79.9. The van der Waals surface area contributed by atoms with Crippen molar-refractivity contribution in [2.24, 2.45) is 0 Å². The Morgan fingerprint density at radius 1 is 1.47 bits per heavy atom. The molecule has 1 aliphatic carbocycles. The number of thioether (sulfide) groups is 1. The fourth-order valence-corrected chi connectivity index (χ4v) is 3.32. The molecule has 0 radical (unpaired) electrons. The Bertz CT molecular complexity index is 431. The molecule has 0 atom stereocenters. The van der Waals surface area contributed by atoms with Gasteiger partial charge in [-0.05, 0) is 40.6 Å². The molecule has 1 aromatic rings. The number of halogens is 1. The predicted octanol–water partition coefficient (Wildman–Crippen LogP) is 3.26. The predicted molar refractivity (Wildman–Crippen MR) is 65.7 cm³/mol. The van der Waals surface area contributed by atoms with Crippen molar-refractivity contribution >= 4 is 33.5 Å². The van der Waals surface area contributed by atoms with Gasteiger partial charge in [-0.3, -0.25) is 4.79 Å². The topological polar surface area (TPSA) is 30.0 Å². The lowest BCUT2D eigenvalue weighted by Crippen LogP contribution is -2.02. The van der Waals surface area contributed by atoms with E-state index in [0.717, 1.165) is 39.2 Å². The summed E-state index contributed by atoms with van der Waals surface area (Å²) in [4.78, 5) is 16.2. The lowest BCUT2D eigenvalue weighted by Gasteiger charge is -2.10. The van der Waals surface area contributed by atoms with E-state index in [2.05, 4.69) is 27.8 Å². The number of rotatable bonds is 2. The Balaban J connectivity index is 2.69. The van der Waals surface area contributed by atoms with Gasteiger partial charge in [-0.2, -0.15) is 0 Å². The molecule has 0 saturated heterocycles. The summed E-state index contributed by atoms with van der Waals surface area (Å²) in [6.07, 6.45) is 4.37. The molecule has 1 aromatic heterocycles. The minimum Gasteiger partial charge on any atom is -0.294 e. The fourth-order valence-electron chi connectivity index (χ4n) is 1.91.